The molecule has 0 heterocycles. The number of rotatable bonds is 4. The predicted octanol–water partition coefficient (Wildman–Crippen LogP) is 2.57. The van der Waals surface area contributed by atoms with Crippen molar-refractivity contribution in [1.29, 1.82) is 0 Å². The third-order valence-electron chi connectivity index (χ3n) is 2.39. The summed E-state index contributed by atoms with van der Waals surface area (Å²) in [4.78, 5) is 0. The Hall–Kier alpha value is -0.300. The summed E-state index contributed by atoms with van der Waals surface area (Å²) in [7, 11) is 0. The minimum absolute atomic E-state index is 0.716. The van der Waals surface area contributed by atoms with Crippen molar-refractivity contribution in [3.05, 3.63) is 11.6 Å². The van der Waals surface area contributed by atoms with Crippen molar-refractivity contribution >= 4 is 0 Å². The molecule has 0 rings (SSSR count). The molecule has 0 aliphatic rings. The molecule has 0 aromatic heterocycles. The van der Waals surface area contributed by atoms with Gasteiger partial charge in [-0.1, -0.05) is 32.4 Å². The van der Waals surface area contributed by atoms with Crippen molar-refractivity contribution in [3.8, 4) is 0 Å². The number of hydrogen-bond acceptors (Lipinski definition) is 1. The molecule has 0 fully saturated rings. The average Bonchev–Trinajstić information content (AvgIpc) is 1.99. The van der Waals surface area contributed by atoms with E-state index in [1.165, 1.54) is 5.57 Å². The van der Waals surface area contributed by atoms with Crippen LogP contribution in [0.3, 0.4) is 0 Å². The van der Waals surface area contributed by atoms with Crippen LogP contribution < -0.4 is 5.73 Å². The molecule has 0 saturated heterocycles. The summed E-state index contributed by atoms with van der Waals surface area (Å²) >= 11 is 0. The van der Waals surface area contributed by atoms with Gasteiger partial charge >= 0.3 is 0 Å². The van der Waals surface area contributed by atoms with E-state index in [4.69, 9.17) is 5.73 Å². The van der Waals surface area contributed by atoms with Crippen molar-refractivity contribution in [2.24, 2.45) is 17.6 Å². The summed E-state index contributed by atoms with van der Waals surface area (Å²) in [5.41, 5.74) is 6.94. The monoisotopic (exact) mass is 155 g/mol. The second-order valence-corrected chi connectivity index (χ2v) is 3.58. The minimum Gasteiger partial charge on any atom is -0.327 e. The van der Waals surface area contributed by atoms with Gasteiger partial charge in [-0.15, -0.1) is 0 Å². The smallest absolute Gasteiger partial charge is 0.0136 e. The minimum atomic E-state index is 0.716. The summed E-state index contributed by atoms with van der Waals surface area (Å²) in [6.45, 7) is 9.58. The molecular formula is C10H21N. The third-order valence-corrected chi connectivity index (χ3v) is 2.39. The fourth-order valence-corrected chi connectivity index (χ4v) is 0.968. The van der Waals surface area contributed by atoms with Crippen LogP contribution >= 0.6 is 0 Å². The molecule has 0 aliphatic heterocycles. The van der Waals surface area contributed by atoms with Crippen molar-refractivity contribution in [1.82, 2.24) is 0 Å². The first kappa shape index (κ1) is 10.7. The van der Waals surface area contributed by atoms with Crippen LogP contribution in [0.25, 0.3) is 0 Å². The second kappa shape index (κ2) is 5.36. The van der Waals surface area contributed by atoms with Crippen molar-refractivity contribution in [2.75, 3.05) is 6.54 Å². The first-order chi connectivity index (χ1) is 5.11. The molecule has 0 spiro atoms. The zero-order valence-electron chi connectivity index (χ0n) is 8.22. The van der Waals surface area contributed by atoms with Crippen LogP contribution in [0.1, 0.15) is 34.1 Å². The highest BCUT2D eigenvalue weighted by molar-refractivity contribution is 5.02. The van der Waals surface area contributed by atoms with Gasteiger partial charge in [0.1, 0.15) is 0 Å². The van der Waals surface area contributed by atoms with E-state index in [0.29, 0.717) is 6.54 Å². The summed E-state index contributed by atoms with van der Waals surface area (Å²) in [5.74, 6) is 1.52. The molecule has 1 heteroatoms. The summed E-state index contributed by atoms with van der Waals surface area (Å²) in [6, 6.07) is 0. The molecule has 1 nitrogen and oxygen atoms in total. The fraction of sp³-hybridized carbons (Fsp3) is 0.800. The van der Waals surface area contributed by atoms with Crippen LogP contribution in [-0.4, -0.2) is 6.54 Å². The second-order valence-electron chi connectivity index (χ2n) is 3.58. The van der Waals surface area contributed by atoms with Crippen LogP contribution in [0.15, 0.2) is 11.6 Å². The molecule has 2 N–H and O–H groups in total. The molecule has 66 valence electrons. The van der Waals surface area contributed by atoms with E-state index in [0.717, 1.165) is 18.3 Å². The molecule has 1 unspecified atom stereocenters. The fourth-order valence-electron chi connectivity index (χ4n) is 0.968. The van der Waals surface area contributed by atoms with E-state index in [-0.39, 0.29) is 0 Å². The van der Waals surface area contributed by atoms with Gasteiger partial charge in [0.2, 0.25) is 0 Å². The molecule has 0 saturated carbocycles. The van der Waals surface area contributed by atoms with Crippen LogP contribution in [0.4, 0.5) is 0 Å². The van der Waals surface area contributed by atoms with Crippen LogP contribution in [0.5, 0.6) is 0 Å². The predicted molar refractivity (Wildman–Crippen MR) is 51.4 cm³/mol. The topological polar surface area (TPSA) is 26.0 Å². The first-order valence-corrected chi connectivity index (χ1v) is 4.46. The van der Waals surface area contributed by atoms with Crippen LogP contribution in [-0.2, 0) is 0 Å². The van der Waals surface area contributed by atoms with Gasteiger partial charge in [-0.2, -0.15) is 0 Å². The normalized spacial score (nSPS) is 15.6. The Kier molecular flexibility index (Phi) is 5.22. The van der Waals surface area contributed by atoms with Crippen LogP contribution in [0.2, 0.25) is 0 Å². The molecule has 0 aromatic carbocycles. The van der Waals surface area contributed by atoms with Gasteiger partial charge < -0.3 is 5.73 Å². The lowest BCUT2D eigenvalue weighted by Gasteiger charge is -2.16. The zero-order valence-corrected chi connectivity index (χ0v) is 8.22. The largest absolute Gasteiger partial charge is 0.327 e. The summed E-state index contributed by atoms with van der Waals surface area (Å²) in [5, 5.41) is 0. The number of allylic oxidation sites excluding steroid dienone is 1. The zero-order chi connectivity index (χ0) is 8.85. The maximum atomic E-state index is 5.56. The molecule has 11 heavy (non-hydrogen) atoms. The quantitative estimate of drug-likeness (QED) is 0.620. The van der Waals surface area contributed by atoms with Crippen molar-refractivity contribution in [3.63, 3.8) is 0 Å². The lowest BCUT2D eigenvalue weighted by Crippen LogP contribution is -2.10. The van der Waals surface area contributed by atoms with E-state index < -0.39 is 0 Å². The van der Waals surface area contributed by atoms with E-state index in [1.807, 2.05) is 0 Å². The lowest BCUT2D eigenvalue weighted by atomic mass is 9.91. The highest BCUT2D eigenvalue weighted by Gasteiger charge is 2.07. The van der Waals surface area contributed by atoms with Gasteiger partial charge in [-0.3, -0.25) is 0 Å². The SMILES string of the molecule is C/C=C(/CN)CC(C)C(C)C. The Morgan fingerprint density at radius 1 is 1.36 bits per heavy atom. The molecular weight excluding hydrogens is 134 g/mol. The summed E-state index contributed by atoms with van der Waals surface area (Å²) < 4.78 is 0. The Morgan fingerprint density at radius 3 is 2.18 bits per heavy atom. The van der Waals surface area contributed by atoms with Gasteiger partial charge in [0.15, 0.2) is 0 Å². The van der Waals surface area contributed by atoms with Gasteiger partial charge in [-0.25, -0.2) is 0 Å². The molecule has 0 aromatic rings. The average molecular weight is 155 g/mol. The highest BCUT2D eigenvalue weighted by Crippen LogP contribution is 2.18. The maximum Gasteiger partial charge on any atom is 0.0136 e. The van der Waals surface area contributed by atoms with E-state index in [1.54, 1.807) is 0 Å². The Labute approximate surface area is 70.7 Å². The maximum absolute atomic E-state index is 5.56. The molecule has 1 atom stereocenters. The van der Waals surface area contributed by atoms with E-state index >= 15 is 0 Å². The Balaban J connectivity index is 3.82. The molecule has 0 radical (unpaired) electrons. The third kappa shape index (κ3) is 4.20. The standard InChI is InChI=1S/C10H21N/c1-5-10(7-11)6-9(4)8(2)3/h5,8-9H,6-7,11H2,1-4H3/b10-5+. The van der Waals surface area contributed by atoms with Crippen molar-refractivity contribution in [2.45, 2.75) is 34.1 Å². The number of hydrogen-bond donors (Lipinski definition) is 1. The Morgan fingerprint density at radius 2 is 1.91 bits per heavy atom. The highest BCUT2D eigenvalue weighted by atomic mass is 14.5. The van der Waals surface area contributed by atoms with Gasteiger partial charge in [-0.05, 0) is 25.2 Å². The van der Waals surface area contributed by atoms with E-state index in [9.17, 15) is 0 Å². The van der Waals surface area contributed by atoms with Gasteiger partial charge in [0.25, 0.3) is 0 Å². The summed E-state index contributed by atoms with van der Waals surface area (Å²) in [6.07, 6.45) is 3.30. The van der Waals surface area contributed by atoms with Crippen LogP contribution in [0, 0.1) is 11.8 Å². The van der Waals surface area contributed by atoms with E-state index in [2.05, 4.69) is 33.8 Å². The molecule has 0 aliphatic carbocycles. The molecule has 0 bridgehead atoms. The molecule has 0 amide bonds. The number of nitrogens with two attached hydrogens (primary N) is 1. The van der Waals surface area contributed by atoms with Crippen molar-refractivity contribution < 1.29 is 0 Å². The lowest BCUT2D eigenvalue weighted by molar-refractivity contribution is 0.414. The van der Waals surface area contributed by atoms with Gasteiger partial charge in [0.05, 0.1) is 0 Å². The first-order valence-electron chi connectivity index (χ1n) is 4.46. The van der Waals surface area contributed by atoms with Gasteiger partial charge in [0, 0.05) is 6.54 Å². The Bertz CT molecular complexity index is 125.